The van der Waals surface area contributed by atoms with E-state index in [0.29, 0.717) is 6.07 Å². The maximum Gasteiger partial charge on any atom is 0.342 e. The molecule has 0 aliphatic heterocycles. The first kappa shape index (κ1) is 11.4. The fraction of sp³-hybridized carbons (Fsp3) is 0.300. The zero-order valence-electron chi connectivity index (χ0n) is 8.30. The lowest BCUT2D eigenvalue weighted by molar-refractivity contribution is 0.0521. The van der Waals surface area contributed by atoms with Gasteiger partial charge in [0.1, 0.15) is 11.3 Å². The summed E-state index contributed by atoms with van der Waals surface area (Å²) in [4.78, 5) is 11.3. The summed E-state index contributed by atoms with van der Waals surface area (Å²) < 4.78 is 30.5. The summed E-state index contributed by atoms with van der Waals surface area (Å²) in [5.41, 5.74) is -0.596. The van der Waals surface area contributed by atoms with Crippen LogP contribution in [0.25, 0.3) is 0 Å². The summed E-state index contributed by atoms with van der Waals surface area (Å²) in [6, 6.07) is 0.550. The monoisotopic (exact) mass is 216 g/mol. The molecule has 1 aromatic carbocycles. The van der Waals surface area contributed by atoms with Crippen molar-refractivity contribution >= 4 is 5.97 Å². The van der Waals surface area contributed by atoms with Crippen molar-refractivity contribution in [2.45, 2.75) is 13.8 Å². The van der Waals surface area contributed by atoms with Gasteiger partial charge in [0.05, 0.1) is 6.61 Å². The summed E-state index contributed by atoms with van der Waals surface area (Å²) in [7, 11) is 0. The van der Waals surface area contributed by atoms with Gasteiger partial charge in [0.2, 0.25) is 0 Å². The summed E-state index contributed by atoms with van der Waals surface area (Å²) in [5, 5.41) is 9.29. The third-order valence-corrected chi connectivity index (χ3v) is 1.91. The lowest BCUT2D eigenvalue weighted by Gasteiger charge is -2.08. The molecular formula is C10H10F2O3. The van der Waals surface area contributed by atoms with Gasteiger partial charge in [0.25, 0.3) is 0 Å². The molecule has 1 rings (SSSR count). The molecule has 0 fully saturated rings. The van der Waals surface area contributed by atoms with E-state index in [4.69, 9.17) is 0 Å². The van der Waals surface area contributed by atoms with Crippen LogP contribution in [-0.2, 0) is 4.74 Å². The Morgan fingerprint density at radius 1 is 1.53 bits per heavy atom. The number of carbonyl (C=O) groups is 1. The molecule has 1 aromatic rings. The van der Waals surface area contributed by atoms with Gasteiger partial charge in [-0.25, -0.2) is 13.6 Å². The van der Waals surface area contributed by atoms with E-state index in [0.717, 1.165) is 0 Å². The van der Waals surface area contributed by atoms with E-state index < -0.39 is 23.4 Å². The first-order valence-corrected chi connectivity index (χ1v) is 4.33. The number of carbonyl (C=O) groups excluding carboxylic acids is 1. The van der Waals surface area contributed by atoms with Gasteiger partial charge in [-0.05, 0) is 13.8 Å². The van der Waals surface area contributed by atoms with Gasteiger partial charge in [-0.15, -0.1) is 0 Å². The smallest absolute Gasteiger partial charge is 0.342 e. The lowest BCUT2D eigenvalue weighted by Crippen LogP contribution is -2.09. The Morgan fingerprint density at radius 2 is 2.13 bits per heavy atom. The Hall–Kier alpha value is -1.65. The van der Waals surface area contributed by atoms with Crippen LogP contribution in [0.15, 0.2) is 6.07 Å². The van der Waals surface area contributed by atoms with Crippen molar-refractivity contribution < 1.29 is 23.4 Å². The quantitative estimate of drug-likeness (QED) is 0.770. The van der Waals surface area contributed by atoms with Crippen LogP contribution >= 0.6 is 0 Å². The molecule has 0 aliphatic carbocycles. The van der Waals surface area contributed by atoms with Crippen LogP contribution in [0.1, 0.15) is 22.8 Å². The molecule has 0 spiro atoms. The number of phenolic OH excluding ortho intramolecular Hbond substituents is 1. The molecule has 82 valence electrons. The van der Waals surface area contributed by atoms with Crippen molar-refractivity contribution in [3.05, 3.63) is 28.8 Å². The Bertz CT molecular complexity index is 402. The van der Waals surface area contributed by atoms with Crippen molar-refractivity contribution in [3.8, 4) is 5.75 Å². The van der Waals surface area contributed by atoms with Crippen LogP contribution in [0.4, 0.5) is 8.78 Å². The molecule has 0 aliphatic rings. The van der Waals surface area contributed by atoms with Gasteiger partial charge in [-0.2, -0.15) is 0 Å². The van der Waals surface area contributed by atoms with Crippen LogP contribution in [0, 0.1) is 18.6 Å². The standard InChI is InChI=1S/C10H10F2O3/c1-3-15-10(14)8-5(2)9(12)6(11)4-7(8)13/h4,13H,3H2,1-2H3. The van der Waals surface area contributed by atoms with Crippen LogP contribution < -0.4 is 0 Å². The van der Waals surface area contributed by atoms with Gasteiger partial charge >= 0.3 is 5.97 Å². The largest absolute Gasteiger partial charge is 0.507 e. The summed E-state index contributed by atoms with van der Waals surface area (Å²) in [5.74, 6) is -3.84. The first-order chi connectivity index (χ1) is 6.99. The predicted octanol–water partition coefficient (Wildman–Crippen LogP) is 2.16. The number of benzene rings is 1. The van der Waals surface area contributed by atoms with Crippen molar-refractivity contribution in [2.24, 2.45) is 0 Å². The minimum Gasteiger partial charge on any atom is -0.507 e. The van der Waals surface area contributed by atoms with Crippen LogP contribution in [-0.4, -0.2) is 17.7 Å². The highest BCUT2D eigenvalue weighted by atomic mass is 19.2. The third-order valence-electron chi connectivity index (χ3n) is 1.91. The third kappa shape index (κ3) is 2.06. The van der Waals surface area contributed by atoms with E-state index in [9.17, 15) is 18.7 Å². The van der Waals surface area contributed by atoms with Gasteiger partial charge in [-0.3, -0.25) is 0 Å². The fourth-order valence-corrected chi connectivity index (χ4v) is 1.20. The summed E-state index contributed by atoms with van der Waals surface area (Å²) >= 11 is 0. The number of aromatic hydroxyl groups is 1. The average Bonchev–Trinajstić information content (AvgIpc) is 2.15. The molecular weight excluding hydrogens is 206 g/mol. The minimum absolute atomic E-state index is 0.0940. The maximum absolute atomic E-state index is 13.1. The molecule has 0 saturated heterocycles. The van der Waals surface area contributed by atoms with E-state index in [2.05, 4.69) is 4.74 Å². The Kier molecular flexibility index (Phi) is 3.24. The topological polar surface area (TPSA) is 46.5 Å². The van der Waals surface area contributed by atoms with Gasteiger partial charge in [0.15, 0.2) is 11.6 Å². The highest BCUT2D eigenvalue weighted by Crippen LogP contribution is 2.26. The maximum atomic E-state index is 13.1. The SMILES string of the molecule is CCOC(=O)c1c(O)cc(F)c(F)c1C. The molecule has 0 saturated carbocycles. The minimum atomic E-state index is -1.20. The Morgan fingerprint density at radius 3 is 2.67 bits per heavy atom. The molecule has 0 heterocycles. The van der Waals surface area contributed by atoms with E-state index in [-0.39, 0.29) is 17.7 Å². The van der Waals surface area contributed by atoms with Crippen LogP contribution in [0.5, 0.6) is 5.75 Å². The number of rotatable bonds is 2. The van der Waals surface area contributed by atoms with Crippen LogP contribution in [0.2, 0.25) is 0 Å². The van der Waals surface area contributed by atoms with Crippen molar-refractivity contribution in [3.63, 3.8) is 0 Å². The molecule has 3 nitrogen and oxygen atoms in total. The zero-order valence-corrected chi connectivity index (χ0v) is 8.30. The highest BCUT2D eigenvalue weighted by molar-refractivity contribution is 5.94. The van der Waals surface area contributed by atoms with E-state index in [1.54, 1.807) is 6.92 Å². The van der Waals surface area contributed by atoms with Gasteiger partial charge < -0.3 is 9.84 Å². The molecule has 0 radical (unpaired) electrons. The van der Waals surface area contributed by atoms with E-state index in [1.165, 1.54) is 6.92 Å². The second-order valence-corrected chi connectivity index (χ2v) is 2.91. The molecule has 15 heavy (non-hydrogen) atoms. The predicted molar refractivity (Wildman–Crippen MR) is 48.7 cm³/mol. The molecule has 1 N–H and O–H groups in total. The number of phenols is 1. The molecule has 0 amide bonds. The van der Waals surface area contributed by atoms with E-state index >= 15 is 0 Å². The Balaban J connectivity index is 3.29. The number of esters is 1. The number of hydrogen-bond donors (Lipinski definition) is 1. The first-order valence-electron chi connectivity index (χ1n) is 4.33. The molecule has 0 atom stereocenters. The molecule has 0 bridgehead atoms. The fourth-order valence-electron chi connectivity index (χ4n) is 1.20. The van der Waals surface area contributed by atoms with Crippen molar-refractivity contribution in [1.29, 1.82) is 0 Å². The normalized spacial score (nSPS) is 10.1. The zero-order chi connectivity index (χ0) is 11.6. The summed E-state index contributed by atoms with van der Waals surface area (Å²) in [6.07, 6.45) is 0. The number of hydrogen-bond acceptors (Lipinski definition) is 3. The second-order valence-electron chi connectivity index (χ2n) is 2.91. The summed E-state index contributed by atoms with van der Waals surface area (Å²) in [6.45, 7) is 2.87. The lowest BCUT2D eigenvalue weighted by atomic mass is 10.1. The molecule has 0 aromatic heterocycles. The molecule has 0 unspecified atom stereocenters. The second kappa shape index (κ2) is 4.25. The van der Waals surface area contributed by atoms with Crippen molar-refractivity contribution in [1.82, 2.24) is 0 Å². The van der Waals surface area contributed by atoms with Gasteiger partial charge in [-0.1, -0.05) is 0 Å². The van der Waals surface area contributed by atoms with E-state index in [1.807, 2.05) is 0 Å². The number of ether oxygens (including phenoxy) is 1. The van der Waals surface area contributed by atoms with Crippen LogP contribution in [0.3, 0.4) is 0 Å². The Labute approximate surface area is 85.3 Å². The highest BCUT2D eigenvalue weighted by Gasteiger charge is 2.21. The molecule has 5 heteroatoms. The van der Waals surface area contributed by atoms with Crippen molar-refractivity contribution in [2.75, 3.05) is 6.61 Å². The van der Waals surface area contributed by atoms with Gasteiger partial charge in [0, 0.05) is 11.6 Å². The average molecular weight is 216 g/mol. The number of halogens is 2.